The van der Waals surface area contributed by atoms with Gasteiger partial charge in [-0.25, -0.2) is 19.6 Å². The lowest BCUT2D eigenvalue weighted by Crippen LogP contribution is -2.27. The van der Waals surface area contributed by atoms with Crippen LogP contribution in [0.2, 0.25) is 0 Å². The number of rotatable bonds is 2. The minimum Gasteiger partial charge on any atom is -0.211 e. The molecule has 0 aromatic rings. The first kappa shape index (κ1) is 10.3. The summed E-state index contributed by atoms with van der Waals surface area (Å²) in [6.45, 7) is 0. The number of carbonyl (C=O) groups excluding carboxylic acids is 2. The van der Waals surface area contributed by atoms with E-state index in [0.29, 0.717) is 11.8 Å². The number of hydrogen-bond acceptors (Lipinski definition) is 4. The topological polar surface area (TPSA) is 58.9 Å². The lowest BCUT2D eigenvalue weighted by molar-refractivity contribution is 0.239. The van der Waals surface area contributed by atoms with Crippen molar-refractivity contribution in [1.29, 1.82) is 0 Å². The third-order valence-electron chi connectivity index (χ3n) is 3.79. The molecule has 2 aliphatic carbocycles. The maximum absolute atomic E-state index is 10.2. The van der Waals surface area contributed by atoms with Crippen molar-refractivity contribution in [2.24, 2.45) is 21.8 Å². The van der Waals surface area contributed by atoms with E-state index in [2.05, 4.69) is 9.98 Å². The van der Waals surface area contributed by atoms with Gasteiger partial charge in [-0.1, -0.05) is 0 Å². The molecule has 0 aromatic carbocycles. The van der Waals surface area contributed by atoms with Gasteiger partial charge in [-0.3, -0.25) is 0 Å². The number of isocyanates is 2. The summed E-state index contributed by atoms with van der Waals surface area (Å²) >= 11 is 0. The molecule has 0 saturated heterocycles. The molecular formula is C11H14N2O2. The fourth-order valence-electron chi connectivity index (χ4n) is 3.12. The summed E-state index contributed by atoms with van der Waals surface area (Å²) in [6, 6.07) is 0.330. The molecule has 80 valence electrons. The lowest BCUT2D eigenvalue weighted by Gasteiger charge is -2.30. The molecule has 4 unspecified atom stereocenters. The number of nitrogens with zero attached hydrogens (tertiary/aromatic N) is 2. The van der Waals surface area contributed by atoms with Crippen molar-refractivity contribution in [3.63, 3.8) is 0 Å². The van der Waals surface area contributed by atoms with Gasteiger partial charge >= 0.3 is 0 Å². The van der Waals surface area contributed by atoms with E-state index in [1.54, 1.807) is 12.2 Å². The second-order valence-corrected chi connectivity index (χ2v) is 4.48. The van der Waals surface area contributed by atoms with Gasteiger partial charge in [0.15, 0.2) is 0 Å². The first-order valence-corrected chi connectivity index (χ1v) is 5.49. The van der Waals surface area contributed by atoms with Crippen LogP contribution in [0.25, 0.3) is 0 Å². The van der Waals surface area contributed by atoms with Crippen molar-refractivity contribution < 1.29 is 9.59 Å². The van der Waals surface area contributed by atoms with E-state index in [1.807, 2.05) is 0 Å². The van der Waals surface area contributed by atoms with E-state index in [-0.39, 0.29) is 12.1 Å². The lowest BCUT2D eigenvalue weighted by atomic mass is 9.78. The largest absolute Gasteiger partial charge is 0.235 e. The van der Waals surface area contributed by atoms with Crippen LogP contribution in [-0.2, 0) is 9.59 Å². The zero-order chi connectivity index (χ0) is 10.7. The maximum atomic E-state index is 10.2. The molecule has 0 heterocycles. The molecular weight excluding hydrogens is 192 g/mol. The second-order valence-electron chi connectivity index (χ2n) is 4.48. The summed E-state index contributed by atoms with van der Waals surface area (Å²) in [5.41, 5.74) is 0. The summed E-state index contributed by atoms with van der Waals surface area (Å²) in [5, 5.41) is 0. The van der Waals surface area contributed by atoms with Crippen LogP contribution < -0.4 is 0 Å². The monoisotopic (exact) mass is 206 g/mol. The Morgan fingerprint density at radius 3 is 2.47 bits per heavy atom. The van der Waals surface area contributed by atoms with E-state index >= 15 is 0 Å². The van der Waals surface area contributed by atoms with Crippen LogP contribution >= 0.6 is 0 Å². The van der Waals surface area contributed by atoms with E-state index in [4.69, 9.17) is 0 Å². The Balaban J connectivity index is 2.01. The standard InChI is InChI=1S/C11H14N2O2/c14-6-12-9-2-3-10-8(5-9)1-4-11(10)13-7-15/h8-11H,1-5H2. The molecule has 4 nitrogen and oxygen atoms in total. The van der Waals surface area contributed by atoms with Crippen molar-refractivity contribution in [2.45, 2.75) is 44.2 Å². The summed E-state index contributed by atoms with van der Waals surface area (Å²) in [4.78, 5) is 28.1. The highest BCUT2D eigenvalue weighted by atomic mass is 16.1. The molecule has 0 radical (unpaired) electrons. The Morgan fingerprint density at radius 1 is 0.933 bits per heavy atom. The molecule has 2 rings (SSSR count). The molecule has 0 N–H and O–H groups in total. The summed E-state index contributed by atoms with van der Waals surface area (Å²) < 4.78 is 0. The summed E-state index contributed by atoms with van der Waals surface area (Å²) in [6.07, 6.45) is 8.32. The SMILES string of the molecule is O=C=NC1CCC2C(CCC2N=C=O)C1. The Morgan fingerprint density at radius 2 is 1.73 bits per heavy atom. The Labute approximate surface area is 88.5 Å². The van der Waals surface area contributed by atoms with E-state index in [9.17, 15) is 9.59 Å². The van der Waals surface area contributed by atoms with Gasteiger partial charge in [0.2, 0.25) is 12.2 Å². The first-order chi connectivity index (χ1) is 7.35. The highest BCUT2D eigenvalue weighted by Gasteiger charge is 2.40. The Kier molecular flexibility index (Phi) is 3.10. The quantitative estimate of drug-likeness (QED) is 0.509. The molecule has 0 bridgehead atoms. The zero-order valence-corrected chi connectivity index (χ0v) is 8.56. The third kappa shape index (κ3) is 2.06. The van der Waals surface area contributed by atoms with Crippen LogP contribution in [0.4, 0.5) is 0 Å². The van der Waals surface area contributed by atoms with Crippen LogP contribution in [0.3, 0.4) is 0 Å². The van der Waals surface area contributed by atoms with Crippen molar-refractivity contribution in [3.05, 3.63) is 0 Å². The smallest absolute Gasteiger partial charge is 0.211 e. The zero-order valence-electron chi connectivity index (χ0n) is 8.56. The molecule has 2 aliphatic rings. The van der Waals surface area contributed by atoms with Crippen molar-refractivity contribution >= 4 is 12.2 Å². The van der Waals surface area contributed by atoms with Gasteiger partial charge in [0, 0.05) is 0 Å². The van der Waals surface area contributed by atoms with Crippen LogP contribution in [0, 0.1) is 11.8 Å². The van der Waals surface area contributed by atoms with Crippen molar-refractivity contribution in [3.8, 4) is 0 Å². The number of fused-ring (bicyclic) bond motifs is 1. The average Bonchev–Trinajstić information content (AvgIpc) is 2.62. The normalized spacial score (nSPS) is 38.7. The molecule has 2 saturated carbocycles. The summed E-state index contributed by atoms with van der Waals surface area (Å²) in [7, 11) is 0. The van der Waals surface area contributed by atoms with Crippen LogP contribution in [0.5, 0.6) is 0 Å². The van der Waals surface area contributed by atoms with Crippen LogP contribution in [-0.4, -0.2) is 24.2 Å². The average molecular weight is 206 g/mol. The van der Waals surface area contributed by atoms with E-state index in [0.717, 1.165) is 32.1 Å². The third-order valence-corrected chi connectivity index (χ3v) is 3.79. The Bertz CT molecular complexity index is 329. The van der Waals surface area contributed by atoms with Crippen LogP contribution in [0.1, 0.15) is 32.1 Å². The minimum atomic E-state index is 0.155. The molecule has 4 atom stereocenters. The number of aliphatic imine (C=N–C) groups is 2. The van der Waals surface area contributed by atoms with Crippen molar-refractivity contribution in [2.75, 3.05) is 0 Å². The molecule has 0 aromatic heterocycles. The highest BCUT2D eigenvalue weighted by molar-refractivity contribution is 5.34. The molecule has 4 heteroatoms. The fraction of sp³-hybridized carbons (Fsp3) is 0.818. The van der Waals surface area contributed by atoms with Gasteiger partial charge in [-0.2, -0.15) is 0 Å². The molecule has 0 aliphatic heterocycles. The maximum Gasteiger partial charge on any atom is 0.235 e. The second kappa shape index (κ2) is 4.52. The van der Waals surface area contributed by atoms with Gasteiger partial charge in [-0.15, -0.1) is 0 Å². The summed E-state index contributed by atoms with van der Waals surface area (Å²) in [5.74, 6) is 1.10. The Hall–Kier alpha value is -1.24. The van der Waals surface area contributed by atoms with Gasteiger partial charge in [-0.05, 0) is 43.9 Å². The molecule has 2 fully saturated rings. The van der Waals surface area contributed by atoms with E-state index in [1.165, 1.54) is 0 Å². The van der Waals surface area contributed by atoms with E-state index < -0.39 is 0 Å². The highest BCUT2D eigenvalue weighted by Crippen LogP contribution is 2.44. The molecule has 15 heavy (non-hydrogen) atoms. The van der Waals surface area contributed by atoms with Crippen molar-refractivity contribution in [1.82, 2.24) is 0 Å². The van der Waals surface area contributed by atoms with Gasteiger partial charge < -0.3 is 0 Å². The van der Waals surface area contributed by atoms with Crippen LogP contribution in [0.15, 0.2) is 9.98 Å². The van der Waals surface area contributed by atoms with Gasteiger partial charge in [0.25, 0.3) is 0 Å². The fourth-order valence-corrected chi connectivity index (χ4v) is 3.12. The van der Waals surface area contributed by atoms with Gasteiger partial charge in [0.1, 0.15) is 0 Å². The first-order valence-electron chi connectivity index (χ1n) is 5.49. The molecule has 0 spiro atoms. The predicted molar refractivity (Wildman–Crippen MR) is 53.9 cm³/mol. The predicted octanol–water partition coefficient (Wildman–Crippen LogP) is 1.61. The minimum absolute atomic E-state index is 0.155. The molecule has 0 amide bonds. The number of hydrogen-bond donors (Lipinski definition) is 0. The van der Waals surface area contributed by atoms with Gasteiger partial charge in [0.05, 0.1) is 12.1 Å².